The van der Waals surface area contributed by atoms with Gasteiger partial charge in [-0.2, -0.15) is 0 Å². The van der Waals surface area contributed by atoms with E-state index in [2.05, 4.69) is 5.32 Å². The van der Waals surface area contributed by atoms with E-state index in [9.17, 15) is 9.59 Å². The molecule has 0 aliphatic carbocycles. The van der Waals surface area contributed by atoms with Crippen LogP contribution in [-0.4, -0.2) is 41.2 Å². The van der Waals surface area contributed by atoms with Crippen molar-refractivity contribution >= 4 is 22.6 Å². The molecule has 3 aromatic rings. The summed E-state index contributed by atoms with van der Waals surface area (Å²) in [6.07, 6.45) is 0.607. The minimum absolute atomic E-state index is 0.126. The molecule has 0 bridgehead atoms. The van der Waals surface area contributed by atoms with Crippen LogP contribution in [-0.2, 0) is 11.3 Å². The van der Waals surface area contributed by atoms with Crippen molar-refractivity contribution in [2.75, 3.05) is 26.1 Å². The molecular formula is C23H28N4O3. The number of methoxy groups -OCH3 is 1. The van der Waals surface area contributed by atoms with Crippen LogP contribution < -0.4 is 10.9 Å². The third-order valence-corrected chi connectivity index (χ3v) is 5.27. The summed E-state index contributed by atoms with van der Waals surface area (Å²) in [6, 6.07) is 14.3. The van der Waals surface area contributed by atoms with E-state index in [4.69, 9.17) is 9.72 Å². The summed E-state index contributed by atoms with van der Waals surface area (Å²) in [7, 11) is 3.32. The Bertz CT molecular complexity index is 1090. The van der Waals surface area contributed by atoms with Crippen LogP contribution in [0.25, 0.3) is 10.9 Å². The SMILES string of the molecule is CCC(c1nc2ccccc2c(=O)n1CCOC)N(C)C(=O)Nc1ccccc1C. The third kappa shape index (κ3) is 4.36. The summed E-state index contributed by atoms with van der Waals surface area (Å²) in [4.78, 5) is 32.5. The van der Waals surface area contributed by atoms with E-state index in [1.165, 1.54) is 0 Å². The molecule has 2 amide bonds. The van der Waals surface area contributed by atoms with Crippen molar-refractivity contribution in [3.05, 3.63) is 70.3 Å². The normalized spacial score (nSPS) is 12.0. The van der Waals surface area contributed by atoms with Gasteiger partial charge in [-0.05, 0) is 37.1 Å². The number of para-hydroxylation sites is 2. The van der Waals surface area contributed by atoms with E-state index in [1.807, 2.05) is 56.3 Å². The van der Waals surface area contributed by atoms with Gasteiger partial charge in [-0.15, -0.1) is 0 Å². The van der Waals surface area contributed by atoms with Crippen LogP contribution in [0.4, 0.5) is 10.5 Å². The van der Waals surface area contributed by atoms with Gasteiger partial charge in [-0.25, -0.2) is 9.78 Å². The summed E-state index contributed by atoms with van der Waals surface area (Å²) < 4.78 is 6.82. The van der Waals surface area contributed by atoms with Gasteiger partial charge in [-0.1, -0.05) is 37.3 Å². The lowest BCUT2D eigenvalue weighted by Gasteiger charge is -2.29. The number of rotatable bonds is 7. The second-order valence-electron chi connectivity index (χ2n) is 7.22. The Kier molecular flexibility index (Phi) is 6.84. The van der Waals surface area contributed by atoms with Crippen LogP contribution in [0.3, 0.4) is 0 Å². The van der Waals surface area contributed by atoms with Gasteiger partial charge in [0.15, 0.2) is 0 Å². The zero-order valence-electron chi connectivity index (χ0n) is 17.9. The molecule has 30 heavy (non-hydrogen) atoms. The van der Waals surface area contributed by atoms with E-state index in [0.717, 1.165) is 11.3 Å². The molecular weight excluding hydrogens is 380 g/mol. The summed E-state index contributed by atoms with van der Waals surface area (Å²) in [5, 5.41) is 3.51. The van der Waals surface area contributed by atoms with Gasteiger partial charge in [0.05, 0.1) is 30.1 Å². The van der Waals surface area contributed by atoms with Crippen molar-refractivity contribution in [3.63, 3.8) is 0 Å². The first-order chi connectivity index (χ1) is 14.5. The smallest absolute Gasteiger partial charge is 0.322 e. The second-order valence-corrected chi connectivity index (χ2v) is 7.22. The van der Waals surface area contributed by atoms with Crippen molar-refractivity contribution in [3.8, 4) is 0 Å². The summed E-state index contributed by atoms with van der Waals surface area (Å²) in [5.41, 5.74) is 2.23. The molecule has 3 rings (SSSR count). The number of ether oxygens (including phenoxy) is 1. The lowest BCUT2D eigenvalue weighted by molar-refractivity contribution is 0.177. The number of carbonyl (C=O) groups is 1. The van der Waals surface area contributed by atoms with E-state index in [0.29, 0.717) is 36.3 Å². The van der Waals surface area contributed by atoms with Gasteiger partial charge in [-0.3, -0.25) is 9.36 Å². The molecule has 1 heterocycles. The summed E-state index contributed by atoms with van der Waals surface area (Å²) >= 11 is 0. The fourth-order valence-corrected chi connectivity index (χ4v) is 3.53. The molecule has 0 saturated heterocycles. The molecule has 1 N–H and O–H groups in total. The van der Waals surface area contributed by atoms with Gasteiger partial charge >= 0.3 is 6.03 Å². The molecule has 0 saturated carbocycles. The van der Waals surface area contributed by atoms with E-state index < -0.39 is 0 Å². The summed E-state index contributed by atoms with van der Waals surface area (Å²) in [5.74, 6) is 0.556. The van der Waals surface area contributed by atoms with Crippen molar-refractivity contribution in [2.24, 2.45) is 0 Å². The van der Waals surface area contributed by atoms with Crippen LogP contribution >= 0.6 is 0 Å². The predicted octanol–water partition coefficient (Wildman–Crippen LogP) is 3.97. The van der Waals surface area contributed by atoms with E-state index >= 15 is 0 Å². The largest absolute Gasteiger partial charge is 0.383 e. The second kappa shape index (κ2) is 9.54. The van der Waals surface area contributed by atoms with Crippen molar-refractivity contribution in [1.29, 1.82) is 0 Å². The highest BCUT2D eigenvalue weighted by atomic mass is 16.5. The first-order valence-electron chi connectivity index (χ1n) is 10.1. The summed E-state index contributed by atoms with van der Waals surface area (Å²) in [6.45, 7) is 4.67. The number of urea groups is 1. The van der Waals surface area contributed by atoms with E-state index in [-0.39, 0.29) is 17.6 Å². The topological polar surface area (TPSA) is 76.5 Å². The van der Waals surface area contributed by atoms with Crippen LogP contribution in [0.1, 0.15) is 30.8 Å². The molecule has 0 aliphatic rings. The highest BCUT2D eigenvalue weighted by Gasteiger charge is 2.26. The Morgan fingerprint density at radius 1 is 1.20 bits per heavy atom. The number of aromatic nitrogens is 2. The van der Waals surface area contributed by atoms with Crippen molar-refractivity contribution < 1.29 is 9.53 Å². The first kappa shape index (κ1) is 21.5. The standard InChI is InChI=1S/C23H28N4O3/c1-5-20(26(3)23(29)25-18-12-8-6-10-16(18)2)21-24-19-13-9-7-11-17(19)22(28)27(21)14-15-30-4/h6-13,20H,5,14-15H2,1-4H3,(H,25,29). The number of carbonyl (C=O) groups excluding carboxylic acids is 1. The molecule has 7 heteroatoms. The number of amides is 2. The number of anilines is 1. The molecule has 0 radical (unpaired) electrons. The molecule has 158 valence electrons. The Balaban J connectivity index is 2.01. The average molecular weight is 409 g/mol. The molecule has 0 aliphatic heterocycles. The molecule has 2 aromatic carbocycles. The lowest BCUT2D eigenvalue weighted by atomic mass is 10.1. The molecule has 7 nitrogen and oxygen atoms in total. The van der Waals surface area contributed by atoms with Crippen LogP contribution in [0.15, 0.2) is 53.3 Å². The van der Waals surface area contributed by atoms with Crippen LogP contribution in [0, 0.1) is 6.92 Å². The maximum Gasteiger partial charge on any atom is 0.322 e. The number of nitrogens with one attached hydrogen (secondary N) is 1. The number of fused-ring (bicyclic) bond motifs is 1. The highest BCUT2D eigenvalue weighted by molar-refractivity contribution is 5.90. The van der Waals surface area contributed by atoms with Gasteiger partial charge in [0.2, 0.25) is 0 Å². The number of hydrogen-bond acceptors (Lipinski definition) is 4. The molecule has 0 spiro atoms. The van der Waals surface area contributed by atoms with E-state index in [1.54, 1.807) is 29.7 Å². The predicted molar refractivity (Wildman–Crippen MR) is 119 cm³/mol. The average Bonchev–Trinajstić information content (AvgIpc) is 2.75. The number of nitrogens with zero attached hydrogens (tertiary/aromatic N) is 3. The van der Waals surface area contributed by atoms with Gasteiger partial charge in [0.25, 0.3) is 5.56 Å². The van der Waals surface area contributed by atoms with Crippen LogP contribution in [0.5, 0.6) is 0 Å². The number of hydrogen-bond donors (Lipinski definition) is 1. The molecule has 0 fully saturated rings. The maximum atomic E-state index is 13.2. The third-order valence-electron chi connectivity index (χ3n) is 5.27. The van der Waals surface area contributed by atoms with Gasteiger partial charge < -0.3 is 15.0 Å². The van der Waals surface area contributed by atoms with Gasteiger partial charge in [0.1, 0.15) is 5.82 Å². The number of aryl methyl sites for hydroxylation is 1. The minimum atomic E-state index is -0.372. The highest BCUT2D eigenvalue weighted by Crippen LogP contribution is 2.24. The fourth-order valence-electron chi connectivity index (χ4n) is 3.53. The Labute approximate surface area is 176 Å². The Hall–Kier alpha value is -3.19. The zero-order valence-corrected chi connectivity index (χ0v) is 17.9. The first-order valence-corrected chi connectivity index (χ1v) is 10.1. The maximum absolute atomic E-state index is 13.2. The number of benzene rings is 2. The fraction of sp³-hybridized carbons (Fsp3) is 0.348. The Morgan fingerprint density at radius 2 is 1.90 bits per heavy atom. The molecule has 1 atom stereocenters. The quantitative estimate of drug-likeness (QED) is 0.642. The minimum Gasteiger partial charge on any atom is -0.383 e. The zero-order chi connectivity index (χ0) is 21.7. The van der Waals surface area contributed by atoms with Gasteiger partial charge in [0, 0.05) is 19.8 Å². The Morgan fingerprint density at radius 3 is 2.60 bits per heavy atom. The lowest BCUT2D eigenvalue weighted by Crippen LogP contribution is -2.39. The monoisotopic (exact) mass is 408 g/mol. The van der Waals surface area contributed by atoms with Crippen LogP contribution in [0.2, 0.25) is 0 Å². The van der Waals surface area contributed by atoms with Crippen molar-refractivity contribution in [2.45, 2.75) is 32.9 Å². The molecule has 1 unspecified atom stereocenters. The molecule has 1 aromatic heterocycles. The van der Waals surface area contributed by atoms with Crippen molar-refractivity contribution in [1.82, 2.24) is 14.5 Å².